The standard InChI is InChI=1S/C37H42F4N2O3/c1-22(14-35(45-3)36(11-12-36)37(39,40)41)13-29(44)16-25-7-8-26(17-31(25)38)34-19-42-32-18-24(23(2)15-33(32)43-34)5-4-6-30-27-9-10-28(30)21-46-20-27/h7-8,14-15,17-19,27-28,30,32,42H,1,4-6,9-13,16,20-21H2,2-3H3/b35-14-. The van der Waals surface area contributed by atoms with Gasteiger partial charge in [-0.25, -0.2) is 9.38 Å². The van der Waals surface area contributed by atoms with Gasteiger partial charge in [-0.3, -0.25) is 4.79 Å². The number of nitrogens with zero attached hydrogens (tertiary/aromatic N) is 1. The van der Waals surface area contributed by atoms with Gasteiger partial charge in [-0.1, -0.05) is 24.8 Å². The molecular formula is C37H42F4N2O3. The zero-order valence-electron chi connectivity index (χ0n) is 26.5. The van der Waals surface area contributed by atoms with Crippen LogP contribution in [0.3, 0.4) is 0 Å². The van der Waals surface area contributed by atoms with Gasteiger partial charge in [0.1, 0.15) is 22.8 Å². The summed E-state index contributed by atoms with van der Waals surface area (Å²) in [7, 11) is 1.18. The highest BCUT2D eigenvalue weighted by molar-refractivity contribution is 6.06. The largest absolute Gasteiger partial charge is 0.500 e. The smallest absolute Gasteiger partial charge is 0.401 e. The van der Waals surface area contributed by atoms with Crippen LogP contribution in [0, 0.1) is 29.0 Å². The number of benzene rings is 1. The molecule has 3 aliphatic carbocycles. The number of ketones is 1. The fraction of sp³-hybridized carbons (Fsp3) is 0.514. The average Bonchev–Trinajstić information content (AvgIpc) is 3.79. The summed E-state index contributed by atoms with van der Waals surface area (Å²) in [6, 6.07) is 4.62. The van der Waals surface area contributed by atoms with Crippen LogP contribution in [0.5, 0.6) is 0 Å². The molecule has 3 atom stereocenters. The number of aliphatic imine (C=N–C) groups is 1. The van der Waals surface area contributed by atoms with Crippen molar-refractivity contribution >= 4 is 17.2 Å². The number of hydrogen-bond acceptors (Lipinski definition) is 5. The predicted octanol–water partition coefficient (Wildman–Crippen LogP) is 8.20. The van der Waals surface area contributed by atoms with Crippen molar-refractivity contribution in [2.24, 2.45) is 28.2 Å². The van der Waals surface area contributed by atoms with E-state index in [1.807, 2.05) is 0 Å². The minimum absolute atomic E-state index is 0.0323. The molecule has 0 aromatic heterocycles. The zero-order valence-corrected chi connectivity index (χ0v) is 26.5. The molecule has 1 aromatic carbocycles. The Morgan fingerprint density at radius 1 is 1.22 bits per heavy atom. The van der Waals surface area contributed by atoms with Gasteiger partial charge in [0.05, 0.1) is 24.6 Å². The van der Waals surface area contributed by atoms with Crippen molar-refractivity contribution in [1.29, 1.82) is 0 Å². The molecule has 1 N–H and O–H groups in total. The Bertz CT molecular complexity index is 1530. The number of ether oxygens (including phenoxy) is 2. The van der Waals surface area contributed by atoms with E-state index in [4.69, 9.17) is 14.5 Å². The predicted molar refractivity (Wildman–Crippen MR) is 170 cm³/mol. The van der Waals surface area contributed by atoms with Crippen LogP contribution in [0.15, 0.2) is 76.7 Å². The van der Waals surface area contributed by atoms with Crippen LogP contribution < -0.4 is 5.32 Å². The van der Waals surface area contributed by atoms with Crippen molar-refractivity contribution in [2.75, 3.05) is 20.3 Å². The molecule has 0 spiro atoms. The molecule has 9 heteroatoms. The number of carbonyl (C=O) groups is 1. The maximum atomic E-state index is 15.2. The van der Waals surface area contributed by atoms with E-state index in [0.717, 1.165) is 43.1 Å². The van der Waals surface area contributed by atoms with Crippen molar-refractivity contribution < 1.29 is 31.8 Å². The Balaban J connectivity index is 1.03. The minimum atomic E-state index is -4.44. The monoisotopic (exact) mass is 638 g/mol. The van der Waals surface area contributed by atoms with Gasteiger partial charge >= 0.3 is 6.18 Å². The molecular weight excluding hydrogens is 596 g/mol. The highest BCUT2D eigenvalue weighted by Crippen LogP contribution is 2.62. The molecule has 5 aliphatic rings. The molecule has 0 amide bonds. The van der Waals surface area contributed by atoms with Gasteiger partial charge in [0.2, 0.25) is 0 Å². The van der Waals surface area contributed by atoms with Crippen molar-refractivity contribution in [3.63, 3.8) is 0 Å². The Kier molecular flexibility index (Phi) is 9.16. The van der Waals surface area contributed by atoms with E-state index in [-0.39, 0.29) is 54.4 Å². The number of Topliss-reactive ketones (excluding diaryl/α,β-unsaturated/α-hetero) is 1. The number of allylic oxidation sites excluding steroid dienone is 5. The molecule has 5 nitrogen and oxygen atoms in total. The third kappa shape index (κ3) is 6.66. The van der Waals surface area contributed by atoms with Crippen LogP contribution in [0.2, 0.25) is 0 Å². The third-order valence-electron chi connectivity index (χ3n) is 10.5. The molecule has 1 aromatic rings. The summed E-state index contributed by atoms with van der Waals surface area (Å²) >= 11 is 0. The molecule has 46 heavy (non-hydrogen) atoms. The number of hydrogen-bond donors (Lipinski definition) is 1. The Hall–Kier alpha value is -3.46. The van der Waals surface area contributed by atoms with Crippen molar-refractivity contribution in [2.45, 2.75) is 76.9 Å². The lowest BCUT2D eigenvalue weighted by Crippen LogP contribution is -2.35. The van der Waals surface area contributed by atoms with E-state index in [1.165, 1.54) is 56.1 Å². The highest BCUT2D eigenvalue weighted by atomic mass is 19.4. The van der Waals surface area contributed by atoms with E-state index in [2.05, 4.69) is 31.0 Å². The first-order chi connectivity index (χ1) is 22.0. The number of carbonyl (C=O) groups excluding carboxylic acids is 1. The second kappa shape index (κ2) is 13.0. The minimum Gasteiger partial charge on any atom is -0.500 e. The summed E-state index contributed by atoms with van der Waals surface area (Å²) in [6.07, 6.45) is 8.48. The molecule has 2 aliphatic heterocycles. The first-order valence-electron chi connectivity index (χ1n) is 16.3. The van der Waals surface area contributed by atoms with Crippen molar-refractivity contribution in [1.82, 2.24) is 5.32 Å². The Morgan fingerprint density at radius 3 is 2.61 bits per heavy atom. The summed E-state index contributed by atoms with van der Waals surface area (Å²) in [6.45, 7) is 7.72. The molecule has 3 unspecified atom stereocenters. The molecule has 6 rings (SSSR count). The van der Waals surface area contributed by atoms with Crippen LogP contribution in [0.4, 0.5) is 17.6 Å². The van der Waals surface area contributed by atoms with Crippen LogP contribution in [0.25, 0.3) is 5.70 Å². The highest BCUT2D eigenvalue weighted by Gasteiger charge is 2.66. The topological polar surface area (TPSA) is 59.9 Å². The summed E-state index contributed by atoms with van der Waals surface area (Å²) in [5.74, 6) is 1.13. The number of rotatable bonds is 12. The normalized spacial score (nSPS) is 26.6. The molecule has 0 radical (unpaired) electrons. The zero-order chi connectivity index (χ0) is 32.6. The summed E-state index contributed by atoms with van der Waals surface area (Å²) in [5.41, 5.74) is 3.00. The molecule has 246 valence electrons. The van der Waals surface area contributed by atoms with E-state index in [1.54, 1.807) is 18.3 Å². The maximum Gasteiger partial charge on any atom is 0.401 e. The molecule has 3 fully saturated rings. The van der Waals surface area contributed by atoms with Crippen LogP contribution in [0.1, 0.15) is 69.4 Å². The van der Waals surface area contributed by atoms with E-state index in [0.29, 0.717) is 11.3 Å². The maximum absolute atomic E-state index is 15.2. The second-order valence-electron chi connectivity index (χ2n) is 13.6. The van der Waals surface area contributed by atoms with Gasteiger partial charge in [-0.15, -0.1) is 0 Å². The van der Waals surface area contributed by atoms with Crippen molar-refractivity contribution in [3.8, 4) is 0 Å². The van der Waals surface area contributed by atoms with E-state index >= 15 is 4.39 Å². The van der Waals surface area contributed by atoms with Gasteiger partial charge < -0.3 is 14.8 Å². The van der Waals surface area contributed by atoms with E-state index < -0.39 is 17.4 Å². The molecule has 2 saturated carbocycles. The van der Waals surface area contributed by atoms with Crippen LogP contribution in [-0.4, -0.2) is 44.0 Å². The molecule has 2 heterocycles. The number of fused-ring (bicyclic) bond motifs is 3. The number of halogens is 4. The van der Waals surface area contributed by atoms with Gasteiger partial charge in [0.25, 0.3) is 0 Å². The number of nitrogens with one attached hydrogen (secondary N) is 1. The van der Waals surface area contributed by atoms with Gasteiger partial charge in [-0.2, -0.15) is 13.2 Å². The van der Waals surface area contributed by atoms with Gasteiger partial charge in [-0.05, 0) is 110 Å². The average molecular weight is 639 g/mol. The lowest BCUT2D eigenvalue weighted by molar-refractivity contribution is -0.184. The molecule has 2 bridgehead atoms. The first kappa shape index (κ1) is 32.5. The quantitative estimate of drug-likeness (QED) is 0.143. The number of alkyl halides is 3. The molecule has 1 saturated heterocycles. The fourth-order valence-electron chi connectivity index (χ4n) is 7.65. The fourth-order valence-corrected chi connectivity index (χ4v) is 7.65. The van der Waals surface area contributed by atoms with E-state index in [9.17, 15) is 18.0 Å². The van der Waals surface area contributed by atoms with Crippen LogP contribution in [-0.2, 0) is 20.7 Å². The Labute approximate surface area is 268 Å². The third-order valence-corrected chi connectivity index (χ3v) is 10.5. The van der Waals surface area contributed by atoms with Crippen molar-refractivity contribution in [3.05, 3.63) is 88.6 Å². The lowest BCUT2D eigenvalue weighted by Gasteiger charge is -2.30. The lowest BCUT2D eigenvalue weighted by atomic mass is 9.82. The van der Waals surface area contributed by atoms with Gasteiger partial charge in [0, 0.05) is 37.8 Å². The summed E-state index contributed by atoms with van der Waals surface area (Å²) < 4.78 is 66.4. The number of methoxy groups -OCH3 is 1. The Morgan fingerprint density at radius 2 is 1.96 bits per heavy atom. The van der Waals surface area contributed by atoms with Gasteiger partial charge in [0.15, 0.2) is 0 Å². The van der Waals surface area contributed by atoms with Crippen LogP contribution >= 0.6 is 0 Å². The first-order valence-corrected chi connectivity index (χ1v) is 16.3. The summed E-state index contributed by atoms with van der Waals surface area (Å²) in [5, 5.41) is 3.41. The second-order valence-corrected chi connectivity index (χ2v) is 13.6. The summed E-state index contributed by atoms with van der Waals surface area (Å²) in [4.78, 5) is 17.5. The SMILES string of the molecule is C=C(/C=C(\OC)C1(C(F)(F)F)CC1)CC(=O)Cc1ccc(C2=CNC3C=C(CCCC4C5CCC4COC5)C(C)=CC3=N2)cc1F.